The van der Waals surface area contributed by atoms with Gasteiger partial charge in [0, 0.05) is 0 Å². The fourth-order valence-electron chi connectivity index (χ4n) is 3.20. The molecule has 1 unspecified atom stereocenters. The molecule has 132 valence electrons. The smallest absolute Gasteiger partial charge is 0.129 e. The van der Waals surface area contributed by atoms with Crippen LogP contribution in [0.2, 0.25) is 0 Å². The Morgan fingerprint density at radius 1 is 0.880 bits per heavy atom. The highest BCUT2D eigenvalue weighted by molar-refractivity contribution is 5.74. The number of nitrogens with zero attached hydrogens (tertiary/aromatic N) is 3. The average Bonchev–Trinajstić information content (AvgIpc) is 3.09. The molecule has 0 aliphatic carbocycles. The second-order valence-electron chi connectivity index (χ2n) is 6.56. The molecule has 0 aliphatic rings. The number of fused-ring (bicyclic) bond motifs is 1. The molecular weight excluding hydrogens is 308 g/mol. The van der Waals surface area contributed by atoms with Crippen molar-refractivity contribution in [3.63, 3.8) is 0 Å². The Labute approximate surface area is 150 Å². The highest BCUT2D eigenvalue weighted by Crippen LogP contribution is 2.20. The molecule has 0 spiro atoms. The van der Waals surface area contributed by atoms with Crippen molar-refractivity contribution < 1.29 is 0 Å². The van der Waals surface area contributed by atoms with Crippen molar-refractivity contribution >= 4 is 11.0 Å². The summed E-state index contributed by atoms with van der Waals surface area (Å²) in [5, 5.41) is 12.4. The first-order chi connectivity index (χ1) is 12.4. The maximum atomic E-state index is 4.42. The van der Waals surface area contributed by atoms with Crippen molar-refractivity contribution in [2.24, 2.45) is 0 Å². The summed E-state index contributed by atoms with van der Waals surface area (Å²) in [6.45, 7) is 3.24. The molecule has 3 aromatic rings. The minimum Gasteiger partial charge on any atom is -0.292 e. The van der Waals surface area contributed by atoms with Crippen molar-refractivity contribution in [2.75, 3.05) is 6.54 Å². The molecule has 1 heterocycles. The zero-order valence-electron chi connectivity index (χ0n) is 15.1. The summed E-state index contributed by atoms with van der Waals surface area (Å²) in [5.74, 6) is 0. The summed E-state index contributed by atoms with van der Waals surface area (Å²) in [7, 11) is 0. The van der Waals surface area contributed by atoms with Gasteiger partial charge in [-0.1, -0.05) is 86.7 Å². The van der Waals surface area contributed by atoms with Crippen LogP contribution in [0.4, 0.5) is 0 Å². The largest absolute Gasteiger partial charge is 0.292 e. The first-order valence-electron chi connectivity index (χ1n) is 9.48. The van der Waals surface area contributed by atoms with Gasteiger partial charge in [-0.15, -0.1) is 5.10 Å². The quantitative estimate of drug-likeness (QED) is 0.534. The average molecular weight is 336 g/mol. The van der Waals surface area contributed by atoms with Gasteiger partial charge in [-0.2, -0.15) is 0 Å². The van der Waals surface area contributed by atoms with E-state index in [4.69, 9.17) is 0 Å². The van der Waals surface area contributed by atoms with Gasteiger partial charge in [-0.3, -0.25) is 5.32 Å². The summed E-state index contributed by atoms with van der Waals surface area (Å²) in [5.41, 5.74) is 3.21. The van der Waals surface area contributed by atoms with E-state index in [1.807, 2.05) is 28.9 Å². The molecule has 4 heteroatoms. The lowest BCUT2D eigenvalue weighted by Gasteiger charge is -2.20. The molecule has 1 atom stereocenters. The highest BCUT2D eigenvalue weighted by atomic mass is 15.5. The molecule has 0 amide bonds. The first-order valence-corrected chi connectivity index (χ1v) is 9.48. The van der Waals surface area contributed by atoms with Crippen LogP contribution in [0.5, 0.6) is 0 Å². The van der Waals surface area contributed by atoms with Crippen LogP contribution in [-0.2, 0) is 0 Å². The first kappa shape index (κ1) is 17.6. The number of hydrogen-bond acceptors (Lipinski definition) is 3. The molecule has 0 radical (unpaired) electrons. The topological polar surface area (TPSA) is 42.7 Å². The molecule has 0 saturated carbocycles. The zero-order valence-corrected chi connectivity index (χ0v) is 15.1. The molecule has 1 aromatic heterocycles. The molecule has 3 rings (SSSR count). The third-order valence-electron chi connectivity index (χ3n) is 4.61. The molecular formula is C21H28N4. The van der Waals surface area contributed by atoms with E-state index >= 15 is 0 Å². The molecule has 25 heavy (non-hydrogen) atoms. The van der Waals surface area contributed by atoms with Crippen molar-refractivity contribution in [1.82, 2.24) is 20.3 Å². The number of unbranched alkanes of at least 4 members (excludes halogenated alkanes) is 5. The second kappa shape index (κ2) is 9.33. The molecule has 0 aliphatic heterocycles. The second-order valence-corrected chi connectivity index (χ2v) is 6.56. The predicted molar refractivity (Wildman–Crippen MR) is 103 cm³/mol. The number of benzene rings is 2. The zero-order chi connectivity index (χ0) is 17.3. The van der Waals surface area contributed by atoms with E-state index in [0.29, 0.717) is 0 Å². The molecule has 0 bridgehead atoms. The molecule has 1 N–H and O–H groups in total. The minimum absolute atomic E-state index is 0.0178. The molecule has 0 saturated heterocycles. The van der Waals surface area contributed by atoms with Crippen LogP contribution in [-0.4, -0.2) is 21.5 Å². The summed E-state index contributed by atoms with van der Waals surface area (Å²) in [6.07, 6.45) is 7.83. The van der Waals surface area contributed by atoms with Gasteiger partial charge < -0.3 is 0 Å². The summed E-state index contributed by atoms with van der Waals surface area (Å²) >= 11 is 0. The van der Waals surface area contributed by atoms with E-state index < -0.39 is 0 Å². The maximum Gasteiger partial charge on any atom is 0.129 e. The van der Waals surface area contributed by atoms with Crippen molar-refractivity contribution in [3.05, 3.63) is 60.2 Å². The Hall–Kier alpha value is -2.20. The molecule has 2 aromatic carbocycles. The number of para-hydroxylation sites is 1. The van der Waals surface area contributed by atoms with Crippen molar-refractivity contribution in [3.8, 4) is 0 Å². The lowest BCUT2D eigenvalue weighted by atomic mass is 10.1. The fraction of sp³-hybridized carbons (Fsp3) is 0.429. The number of nitrogens with one attached hydrogen (secondary N) is 1. The number of aromatic nitrogens is 3. The van der Waals surface area contributed by atoms with E-state index in [-0.39, 0.29) is 6.17 Å². The van der Waals surface area contributed by atoms with Crippen LogP contribution in [0, 0.1) is 0 Å². The van der Waals surface area contributed by atoms with Crippen molar-refractivity contribution in [1.29, 1.82) is 0 Å². The van der Waals surface area contributed by atoms with E-state index in [0.717, 1.165) is 17.6 Å². The Morgan fingerprint density at radius 2 is 1.60 bits per heavy atom. The summed E-state index contributed by atoms with van der Waals surface area (Å²) < 4.78 is 2.00. The van der Waals surface area contributed by atoms with Crippen LogP contribution >= 0.6 is 0 Å². The fourth-order valence-corrected chi connectivity index (χ4v) is 3.20. The van der Waals surface area contributed by atoms with Crippen molar-refractivity contribution in [2.45, 2.75) is 51.6 Å². The van der Waals surface area contributed by atoms with Crippen LogP contribution in [0.1, 0.15) is 57.2 Å². The van der Waals surface area contributed by atoms with Gasteiger partial charge in [0.05, 0.1) is 5.52 Å². The van der Waals surface area contributed by atoms with Gasteiger partial charge in [-0.25, -0.2) is 4.68 Å². The molecule has 4 nitrogen and oxygen atoms in total. The minimum atomic E-state index is 0.0178. The Bertz CT molecular complexity index is 751. The van der Waals surface area contributed by atoms with Crippen LogP contribution in [0.3, 0.4) is 0 Å². The van der Waals surface area contributed by atoms with Crippen LogP contribution in [0.15, 0.2) is 54.6 Å². The van der Waals surface area contributed by atoms with Gasteiger partial charge >= 0.3 is 0 Å². The standard InChI is InChI=1S/C21H28N4/c1-2-3-4-5-6-12-17-22-21(18-13-8-7-9-14-18)25-20-16-11-10-15-19(20)23-24-25/h7-11,13-16,21-22H,2-6,12,17H2,1H3. The van der Waals surface area contributed by atoms with Gasteiger partial charge in [0.2, 0.25) is 0 Å². The van der Waals surface area contributed by atoms with E-state index in [1.165, 1.54) is 44.1 Å². The third-order valence-corrected chi connectivity index (χ3v) is 4.61. The Kier molecular flexibility index (Phi) is 6.57. The summed E-state index contributed by atoms with van der Waals surface area (Å²) in [6, 6.07) is 18.6. The lowest BCUT2D eigenvalue weighted by Crippen LogP contribution is -2.29. The predicted octanol–water partition coefficient (Wildman–Crippen LogP) is 4.93. The van der Waals surface area contributed by atoms with Crippen LogP contribution < -0.4 is 5.32 Å². The number of rotatable bonds is 10. The van der Waals surface area contributed by atoms with E-state index in [1.54, 1.807) is 0 Å². The normalized spacial score (nSPS) is 12.5. The Morgan fingerprint density at radius 3 is 2.44 bits per heavy atom. The van der Waals surface area contributed by atoms with Gasteiger partial charge in [0.1, 0.15) is 11.7 Å². The van der Waals surface area contributed by atoms with E-state index in [9.17, 15) is 0 Å². The maximum absolute atomic E-state index is 4.42. The monoisotopic (exact) mass is 336 g/mol. The van der Waals surface area contributed by atoms with Crippen LogP contribution in [0.25, 0.3) is 11.0 Å². The van der Waals surface area contributed by atoms with Gasteiger partial charge in [0.25, 0.3) is 0 Å². The van der Waals surface area contributed by atoms with Gasteiger partial charge in [-0.05, 0) is 30.7 Å². The SMILES string of the molecule is CCCCCCCCNC(c1ccccc1)n1nnc2ccccc21. The molecule has 0 fully saturated rings. The highest BCUT2D eigenvalue weighted by Gasteiger charge is 2.16. The van der Waals surface area contributed by atoms with E-state index in [2.05, 4.69) is 52.9 Å². The summed E-state index contributed by atoms with van der Waals surface area (Å²) in [4.78, 5) is 0. The third kappa shape index (κ3) is 4.67. The van der Waals surface area contributed by atoms with Gasteiger partial charge in [0.15, 0.2) is 0 Å². The lowest BCUT2D eigenvalue weighted by molar-refractivity contribution is 0.421. The number of hydrogen-bond donors (Lipinski definition) is 1. The Balaban J connectivity index is 1.69.